The van der Waals surface area contributed by atoms with Gasteiger partial charge in [0.25, 0.3) is 0 Å². The molecule has 0 atom stereocenters. The number of rotatable bonds is 1. The van der Waals surface area contributed by atoms with E-state index in [1.54, 1.807) is 23.7 Å². The van der Waals surface area contributed by atoms with E-state index in [9.17, 15) is 0 Å². The highest BCUT2D eigenvalue weighted by Gasteiger charge is 2.02. The molecule has 0 aliphatic rings. The van der Waals surface area contributed by atoms with Crippen molar-refractivity contribution >= 4 is 11.3 Å². The fourth-order valence-electron chi connectivity index (χ4n) is 0.830. The van der Waals surface area contributed by atoms with E-state index in [4.69, 9.17) is 0 Å². The zero-order valence-electron chi connectivity index (χ0n) is 6.43. The molecule has 0 N–H and O–H groups in total. The predicted molar refractivity (Wildman–Crippen MR) is 45.7 cm³/mol. The van der Waals surface area contributed by atoms with Crippen molar-refractivity contribution in [3.05, 3.63) is 23.5 Å². The van der Waals surface area contributed by atoms with Gasteiger partial charge in [0.1, 0.15) is 10.0 Å². The summed E-state index contributed by atoms with van der Waals surface area (Å²) >= 11 is 1.55. The molecule has 0 amide bonds. The summed E-state index contributed by atoms with van der Waals surface area (Å²) in [4.78, 5) is 0. The van der Waals surface area contributed by atoms with E-state index in [0.29, 0.717) is 0 Å². The molecule has 2 aromatic heterocycles. The van der Waals surface area contributed by atoms with Crippen LogP contribution in [0.4, 0.5) is 0 Å². The monoisotopic (exact) mass is 178 g/mol. The van der Waals surface area contributed by atoms with E-state index in [1.807, 2.05) is 13.0 Å². The largest absolute Gasteiger partial charge is 0.159 e. The normalized spacial score (nSPS) is 10.1. The highest BCUT2D eigenvalue weighted by Crippen LogP contribution is 2.20. The molecule has 0 saturated heterocycles. The first-order valence-corrected chi connectivity index (χ1v) is 4.25. The van der Waals surface area contributed by atoms with Crippen molar-refractivity contribution < 1.29 is 0 Å². The minimum absolute atomic E-state index is 0.891. The van der Waals surface area contributed by atoms with Crippen molar-refractivity contribution in [1.82, 2.24) is 20.4 Å². The lowest BCUT2D eigenvalue weighted by Gasteiger charge is -1.89. The first-order valence-electron chi connectivity index (χ1n) is 3.43. The van der Waals surface area contributed by atoms with Crippen molar-refractivity contribution in [3.63, 3.8) is 0 Å². The van der Waals surface area contributed by atoms with Crippen LogP contribution in [0.1, 0.15) is 5.01 Å². The summed E-state index contributed by atoms with van der Waals surface area (Å²) in [5, 5.41) is 17.2. The maximum Gasteiger partial charge on any atom is 0.149 e. The van der Waals surface area contributed by atoms with E-state index in [1.165, 1.54) is 0 Å². The van der Waals surface area contributed by atoms with E-state index in [-0.39, 0.29) is 0 Å². The van der Waals surface area contributed by atoms with Gasteiger partial charge in [-0.1, -0.05) is 11.3 Å². The maximum absolute atomic E-state index is 3.99. The predicted octanol–water partition coefficient (Wildman–Crippen LogP) is 1.30. The van der Waals surface area contributed by atoms with Crippen molar-refractivity contribution in [3.8, 4) is 10.6 Å². The lowest BCUT2D eigenvalue weighted by Crippen LogP contribution is -1.80. The molecule has 5 heteroatoms. The van der Waals surface area contributed by atoms with Crippen LogP contribution < -0.4 is 0 Å². The molecule has 0 spiro atoms. The zero-order valence-corrected chi connectivity index (χ0v) is 7.25. The minimum atomic E-state index is 0.891. The van der Waals surface area contributed by atoms with Gasteiger partial charge in [0.15, 0.2) is 0 Å². The van der Waals surface area contributed by atoms with Crippen LogP contribution in [-0.2, 0) is 0 Å². The molecule has 0 saturated carbocycles. The van der Waals surface area contributed by atoms with Gasteiger partial charge in [-0.3, -0.25) is 0 Å². The molecule has 2 rings (SSSR count). The second-order valence-corrected chi connectivity index (χ2v) is 3.44. The quantitative estimate of drug-likeness (QED) is 0.660. The van der Waals surface area contributed by atoms with Gasteiger partial charge < -0.3 is 0 Å². The summed E-state index contributed by atoms with van der Waals surface area (Å²) in [5.74, 6) is 0. The number of hydrogen-bond acceptors (Lipinski definition) is 5. The van der Waals surface area contributed by atoms with Gasteiger partial charge >= 0.3 is 0 Å². The zero-order chi connectivity index (χ0) is 8.39. The number of aromatic nitrogens is 4. The van der Waals surface area contributed by atoms with Crippen LogP contribution in [0.2, 0.25) is 0 Å². The molecule has 0 aliphatic carbocycles. The molecule has 4 nitrogen and oxygen atoms in total. The molecule has 0 bridgehead atoms. The molecule has 0 aromatic carbocycles. The Kier molecular flexibility index (Phi) is 1.79. The Morgan fingerprint density at radius 1 is 1.25 bits per heavy atom. The summed E-state index contributed by atoms with van der Waals surface area (Å²) in [6.45, 7) is 1.93. The Labute approximate surface area is 73.3 Å². The van der Waals surface area contributed by atoms with E-state index >= 15 is 0 Å². The smallest absolute Gasteiger partial charge is 0.149 e. The summed E-state index contributed by atoms with van der Waals surface area (Å²) in [6.07, 6.45) is 3.33. The van der Waals surface area contributed by atoms with Crippen LogP contribution >= 0.6 is 11.3 Å². The molecule has 0 unspecified atom stereocenters. The fraction of sp³-hybridized carbons (Fsp3) is 0.143. The number of aryl methyl sites for hydroxylation is 1. The first kappa shape index (κ1) is 7.30. The number of nitrogens with zero attached hydrogens (tertiary/aromatic N) is 4. The van der Waals surface area contributed by atoms with Crippen molar-refractivity contribution in [2.24, 2.45) is 0 Å². The van der Waals surface area contributed by atoms with Crippen LogP contribution in [0.15, 0.2) is 18.5 Å². The van der Waals surface area contributed by atoms with Gasteiger partial charge in [0.2, 0.25) is 0 Å². The summed E-state index contributed by atoms with van der Waals surface area (Å²) < 4.78 is 0. The summed E-state index contributed by atoms with van der Waals surface area (Å²) in [5.41, 5.74) is 0.968. The number of hydrogen-bond donors (Lipinski definition) is 0. The van der Waals surface area contributed by atoms with E-state index < -0.39 is 0 Å². The Balaban J connectivity index is 2.45. The van der Waals surface area contributed by atoms with Crippen LogP contribution in [0, 0.1) is 6.92 Å². The van der Waals surface area contributed by atoms with Gasteiger partial charge in [-0.25, -0.2) is 0 Å². The lowest BCUT2D eigenvalue weighted by molar-refractivity contribution is 1.02. The molecule has 2 aromatic rings. The van der Waals surface area contributed by atoms with E-state index in [2.05, 4.69) is 20.4 Å². The average molecular weight is 178 g/mol. The summed E-state index contributed by atoms with van der Waals surface area (Å²) in [6, 6.07) is 1.87. The van der Waals surface area contributed by atoms with Crippen molar-refractivity contribution in [2.75, 3.05) is 0 Å². The molecule has 60 valence electrons. The van der Waals surface area contributed by atoms with Gasteiger partial charge in [-0.2, -0.15) is 10.2 Å². The third-order valence-corrected chi connectivity index (χ3v) is 2.24. The summed E-state index contributed by atoms with van der Waals surface area (Å²) in [7, 11) is 0. The van der Waals surface area contributed by atoms with E-state index in [0.717, 1.165) is 15.6 Å². The van der Waals surface area contributed by atoms with Gasteiger partial charge in [0, 0.05) is 5.56 Å². The Morgan fingerprint density at radius 2 is 2.17 bits per heavy atom. The third-order valence-electron chi connectivity index (χ3n) is 1.36. The third kappa shape index (κ3) is 1.31. The topological polar surface area (TPSA) is 51.6 Å². The highest BCUT2D eigenvalue weighted by molar-refractivity contribution is 7.14. The fourth-order valence-corrected chi connectivity index (χ4v) is 1.51. The molecule has 0 radical (unpaired) electrons. The van der Waals surface area contributed by atoms with Gasteiger partial charge in [0.05, 0.1) is 12.4 Å². The molecule has 2 heterocycles. The SMILES string of the molecule is Cc1nnc(-c2ccnnc2)s1. The highest BCUT2D eigenvalue weighted by atomic mass is 32.1. The standard InChI is InChI=1S/C7H6N4S/c1-5-10-11-7(12-5)6-2-3-8-9-4-6/h2-4H,1H3. The molecule has 12 heavy (non-hydrogen) atoms. The van der Waals surface area contributed by atoms with Crippen LogP contribution in [0.25, 0.3) is 10.6 Å². The maximum atomic E-state index is 3.99. The molecular formula is C7H6N4S. The lowest BCUT2D eigenvalue weighted by atomic mass is 10.3. The van der Waals surface area contributed by atoms with Crippen LogP contribution in [0.3, 0.4) is 0 Å². The molecular weight excluding hydrogens is 172 g/mol. The van der Waals surface area contributed by atoms with Crippen LogP contribution in [-0.4, -0.2) is 20.4 Å². The first-order chi connectivity index (χ1) is 5.86. The Hall–Kier alpha value is -1.36. The second-order valence-electron chi connectivity index (χ2n) is 2.26. The van der Waals surface area contributed by atoms with Crippen molar-refractivity contribution in [2.45, 2.75) is 6.92 Å². The molecule has 0 fully saturated rings. The average Bonchev–Trinajstić information content (AvgIpc) is 2.54. The Morgan fingerprint density at radius 3 is 2.75 bits per heavy atom. The van der Waals surface area contributed by atoms with Gasteiger partial charge in [-0.05, 0) is 13.0 Å². The second kappa shape index (κ2) is 2.94. The van der Waals surface area contributed by atoms with Crippen molar-refractivity contribution in [1.29, 1.82) is 0 Å². The molecule has 0 aliphatic heterocycles. The van der Waals surface area contributed by atoms with Crippen LogP contribution in [0.5, 0.6) is 0 Å². The van der Waals surface area contributed by atoms with Gasteiger partial charge in [-0.15, -0.1) is 10.2 Å². The Bertz CT molecular complexity index is 370. The minimum Gasteiger partial charge on any atom is -0.159 e.